The number of pyridine rings is 1. The number of aromatic amines is 1. The first-order valence-electron chi connectivity index (χ1n) is 4.74. The maximum Gasteiger partial charge on any atom is 0.255 e. The van der Waals surface area contributed by atoms with Crippen LogP contribution in [0.3, 0.4) is 0 Å². The monoisotopic (exact) mass is 217 g/mol. The Labute approximate surface area is 91.9 Å². The summed E-state index contributed by atoms with van der Waals surface area (Å²) in [5.74, 6) is -0.210. The van der Waals surface area contributed by atoms with Gasteiger partial charge in [-0.3, -0.25) is 14.9 Å². The number of hydrogen-bond acceptors (Lipinski definition) is 4. The molecule has 2 aromatic rings. The Morgan fingerprint density at radius 2 is 2.44 bits per heavy atom. The van der Waals surface area contributed by atoms with E-state index in [0.29, 0.717) is 23.5 Å². The Bertz CT molecular complexity index is 480. The van der Waals surface area contributed by atoms with Gasteiger partial charge in [-0.05, 0) is 12.1 Å². The number of H-pyrrole nitrogens is 1. The highest BCUT2D eigenvalue weighted by molar-refractivity contribution is 6.04. The molecule has 0 radical (unpaired) electrons. The maximum absolute atomic E-state index is 11.8. The van der Waals surface area contributed by atoms with Gasteiger partial charge >= 0.3 is 0 Å². The van der Waals surface area contributed by atoms with Crippen molar-refractivity contribution < 1.29 is 4.79 Å². The van der Waals surface area contributed by atoms with Crippen molar-refractivity contribution in [2.75, 3.05) is 5.32 Å². The molecule has 0 saturated carbocycles. The number of carbonyl (C=O) groups is 1. The summed E-state index contributed by atoms with van der Waals surface area (Å²) in [6, 6.07) is 3.30. The summed E-state index contributed by atoms with van der Waals surface area (Å²) >= 11 is 0. The molecular weight excluding hydrogens is 206 g/mol. The predicted octanol–water partition coefficient (Wildman–Crippen LogP) is 0.516. The van der Waals surface area contributed by atoms with Crippen LogP contribution in [0.4, 0.5) is 5.69 Å². The molecule has 2 aromatic heterocycles. The zero-order chi connectivity index (χ0) is 11.4. The first kappa shape index (κ1) is 10.3. The number of aromatic nitrogens is 3. The quantitative estimate of drug-likeness (QED) is 0.698. The first-order chi connectivity index (χ1) is 7.79. The molecule has 2 heterocycles. The van der Waals surface area contributed by atoms with Gasteiger partial charge in [0.25, 0.3) is 5.91 Å². The molecule has 82 valence electrons. The summed E-state index contributed by atoms with van der Waals surface area (Å²) in [5.41, 5.74) is 7.27. The highest BCUT2D eigenvalue weighted by atomic mass is 16.1. The Hall–Kier alpha value is -2.21. The van der Waals surface area contributed by atoms with Crippen molar-refractivity contribution >= 4 is 11.6 Å². The van der Waals surface area contributed by atoms with E-state index < -0.39 is 0 Å². The van der Waals surface area contributed by atoms with Crippen LogP contribution in [0.2, 0.25) is 0 Å². The lowest BCUT2D eigenvalue weighted by molar-refractivity contribution is 0.102. The fourth-order valence-corrected chi connectivity index (χ4v) is 1.25. The van der Waals surface area contributed by atoms with E-state index in [4.69, 9.17) is 5.73 Å². The summed E-state index contributed by atoms with van der Waals surface area (Å²) in [4.78, 5) is 15.8. The number of hydrogen-bond donors (Lipinski definition) is 3. The van der Waals surface area contributed by atoms with Gasteiger partial charge in [-0.25, -0.2) is 0 Å². The van der Waals surface area contributed by atoms with E-state index in [1.807, 2.05) is 0 Å². The summed E-state index contributed by atoms with van der Waals surface area (Å²) < 4.78 is 0. The molecule has 16 heavy (non-hydrogen) atoms. The zero-order valence-corrected chi connectivity index (χ0v) is 8.47. The molecule has 0 bridgehead atoms. The van der Waals surface area contributed by atoms with Crippen molar-refractivity contribution in [3.8, 4) is 0 Å². The molecule has 0 spiro atoms. The number of carbonyl (C=O) groups excluding carboxylic acids is 1. The highest BCUT2D eigenvalue weighted by Gasteiger charge is 2.07. The lowest BCUT2D eigenvalue weighted by Crippen LogP contribution is -2.12. The number of nitrogens with zero attached hydrogens (tertiary/aromatic N) is 2. The molecule has 4 N–H and O–H groups in total. The molecule has 0 aromatic carbocycles. The van der Waals surface area contributed by atoms with E-state index in [0.717, 1.165) is 0 Å². The van der Waals surface area contributed by atoms with Gasteiger partial charge in [-0.1, -0.05) is 0 Å². The van der Waals surface area contributed by atoms with Crippen molar-refractivity contribution in [2.45, 2.75) is 6.54 Å². The normalized spacial score (nSPS) is 10.1. The third kappa shape index (κ3) is 2.23. The lowest BCUT2D eigenvalue weighted by Gasteiger charge is -2.03. The molecular formula is C10H11N5O. The zero-order valence-electron chi connectivity index (χ0n) is 8.47. The SMILES string of the molecule is NCc1cc(C(=O)Nc2cn[nH]c2)ccn1. The predicted molar refractivity (Wildman–Crippen MR) is 58.7 cm³/mol. The van der Waals surface area contributed by atoms with Crippen LogP contribution < -0.4 is 11.1 Å². The van der Waals surface area contributed by atoms with Crippen molar-refractivity contribution in [1.29, 1.82) is 0 Å². The fourth-order valence-electron chi connectivity index (χ4n) is 1.25. The molecule has 0 unspecified atom stereocenters. The van der Waals surface area contributed by atoms with Crippen LogP contribution >= 0.6 is 0 Å². The number of nitrogens with two attached hydrogens (primary N) is 1. The van der Waals surface area contributed by atoms with Gasteiger partial charge in [0.15, 0.2) is 0 Å². The Morgan fingerprint density at radius 1 is 1.56 bits per heavy atom. The second-order valence-corrected chi connectivity index (χ2v) is 3.18. The minimum Gasteiger partial charge on any atom is -0.325 e. The molecule has 0 aliphatic carbocycles. The fraction of sp³-hybridized carbons (Fsp3) is 0.100. The van der Waals surface area contributed by atoms with E-state index >= 15 is 0 Å². The van der Waals surface area contributed by atoms with Crippen LogP contribution in [0, 0.1) is 0 Å². The average molecular weight is 217 g/mol. The summed E-state index contributed by atoms with van der Waals surface area (Å²) in [6.07, 6.45) is 4.69. The molecule has 6 heteroatoms. The van der Waals surface area contributed by atoms with Crippen molar-refractivity contribution in [1.82, 2.24) is 15.2 Å². The standard InChI is InChI=1S/C10H11N5O/c11-4-8-3-7(1-2-12-8)10(16)15-9-5-13-14-6-9/h1-3,5-6H,4,11H2,(H,13,14)(H,15,16). The van der Waals surface area contributed by atoms with Gasteiger partial charge in [0.2, 0.25) is 0 Å². The van der Waals surface area contributed by atoms with E-state index in [9.17, 15) is 4.79 Å². The number of amides is 1. The Kier molecular flexibility index (Phi) is 2.93. The van der Waals surface area contributed by atoms with E-state index in [1.54, 1.807) is 24.5 Å². The molecule has 0 aliphatic heterocycles. The Balaban J connectivity index is 2.14. The molecule has 0 fully saturated rings. The van der Waals surface area contributed by atoms with Gasteiger partial charge in [0.1, 0.15) is 0 Å². The van der Waals surface area contributed by atoms with Crippen LogP contribution in [0.25, 0.3) is 0 Å². The molecule has 2 rings (SSSR count). The van der Waals surface area contributed by atoms with E-state index in [1.165, 1.54) is 6.20 Å². The highest BCUT2D eigenvalue weighted by Crippen LogP contribution is 2.07. The second-order valence-electron chi connectivity index (χ2n) is 3.18. The minimum atomic E-state index is -0.210. The van der Waals surface area contributed by atoms with Gasteiger partial charge in [0.05, 0.1) is 17.6 Å². The lowest BCUT2D eigenvalue weighted by atomic mass is 10.2. The largest absolute Gasteiger partial charge is 0.325 e. The summed E-state index contributed by atoms with van der Waals surface area (Å²) in [7, 11) is 0. The smallest absolute Gasteiger partial charge is 0.255 e. The van der Waals surface area contributed by atoms with Crippen molar-refractivity contribution in [3.05, 3.63) is 42.0 Å². The van der Waals surface area contributed by atoms with Crippen LogP contribution in [0.15, 0.2) is 30.7 Å². The van der Waals surface area contributed by atoms with Crippen LogP contribution in [0.5, 0.6) is 0 Å². The topological polar surface area (TPSA) is 96.7 Å². The third-order valence-corrected chi connectivity index (χ3v) is 2.04. The average Bonchev–Trinajstić information content (AvgIpc) is 2.82. The van der Waals surface area contributed by atoms with Crippen LogP contribution in [0.1, 0.15) is 16.1 Å². The Morgan fingerprint density at radius 3 is 3.12 bits per heavy atom. The van der Waals surface area contributed by atoms with E-state index in [2.05, 4.69) is 20.5 Å². The summed E-state index contributed by atoms with van der Waals surface area (Å²) in [6.45, 7) is 0.312. The van der Waals surface area contributed by atoms with E-state index in [-0.39, 0.29) is 5.91 Å². The van der Waals surface area contributed by atoms with Crippen LogP contribution in [-0.4, -0.2) is 21.1 Å². The number of rotatable bonds is 3. The second kappa shape index (κ2) is 4.54. The minimum absolute atomic E-state index is 0.210. The molecule has 0 atom stereocenters. The molecule has 6 nitrogen and oxygen atoms in total. The number of anilines is 1. The summed E-state index contributed by atoms with van der Waals surface area (Å²) in [5, 5.41) is 9.03. The van der Waals surface area contributed by atoms with Crippen LogP contribution in [-0.2, 0) is 6.54 Å². The molecule has 0 aliphatic rings. The van der Waals surface area contributed by atoms with Gasteiger partial charge in [-0.2, -0.15) is 5.10 Å². The van der Waals surface area contributed by atoms with Crippen molar-refractivity contribution in [3.63, 3.8) is 0 Å². The molecule has 0 saturated heterocycles. The molecule has 1 amide bonds. The van der Waals surface area contributed by atoms with Crippen molar-refractivity contribution in [2.24, 2.45) is 5.73 Å². The van der Waals surface area contributed by atoms with Gasteiger partial charge in [0, 0.05) is 24.5 Å². The van der Waals surface area contributed by atoms with Gasteiger partial charge in [-0.15, -0.1) is 0 Å². The third-order valence-electron chi connectivity index (χ3n) is 2.04. The van der Waals surface area contributed by atoms with Gasteiger partial charge < -0.3 is 11.1 Å². The first-order valence-corrected chi connectivity index (χ1v) is 4.74. The maximum atomic E-state index is 11.8. The number of nitrogens with one attached hydrogen (secondary N) is 2.